The van der Waals surface area contributed by atoms with E-state index in [2.05, 4.69) is 47.0 Å². The summed E-state index contributed by atoms with van der Waals surface area (Å²) in [4.78, 5) is 0. The number of halogens is 2. The van der Waals surface area contributed by atoms with Gasteiger partial charge in [0, 0.05) is 9.13 Å². The van der Waals surface area contributed by atoms with Crippen LogP contribution in [0.5, 0.6) is 0 Å². The van der Waals surface area contributed by atoms with Gasteiger partial charge >= 0.3 is 0 Å². The molecule has 0 bridgehead atoms. The van der Waals surface area contributed by atoms with Gasteiger partial charge in [-0.1, -0.05) is 43.3 Å². The largest absolute Gasteiger partial charge is 0.306 e. The van der Waals surface area contributed by atoms with Crippen molar-refractivity contribution in [1.29, 1.82) is 0 Å². The molecule has 1 nitrogen and oxygen atoms in total. The Hall–Kier alpha value is -0.940. The molecule has 0 saturated heterocycles. The molecule has 3 heteroatoms. The minimum atomic E-state index is -0.161. The van der Waals surface area contributed by atoms with Gasteiger partial charge in [0.05, 0.1) is 6.04 Å². The standard InChI is InChI=1S/C16H17FIN/c1-3-19-16(12-8-4-5-10-14(12)17)13-9-6-7-11(2)15(13)18/h4-10,16,19H,3H2,1-2H3. The maximum Gasteiger partial charge on any atom is 0.128 e. The summed E-state index contributed by atoms with van der Waals surface area (Å²) < 4.78 is 15.2. The van der Waals surface area contributed by atoms with E-state index in [4.69, 9.17) is 0 Å². The molecule has 0 aromatic heterocycles. The Morgan fingerprint density at radius 3 is 2.47 bits per heavy atom. The smallest absolute Gasteiger partial charge is 0.128 e. The van der Waals surface area contributed by atoms with E-state index in [0.717, 1.165) is 12.1 Å². The molecule has 2 rings (SSSR count). The van der Waals surface area contributed by atoms with E-state index >= 15 is 0 Å². The first-order valence-electron chi connectivity index (χ1n) is 6.38. The van der Waals surface area contributed by atoms with Gasteiger partial charge < -0.3 is 5.32 Å². The van der Waals surface area contributed by atoms with E-state index in [1.165, 1.54) is 15.2 Å². The monoisotopic (exact) mass is 369 g/mol. The fourth-order valence-corrected chi connectivity index (χ4v) is 2.86. The molecule has 0 heterocycles. The molecule has 0 fully saturated rings. The molecule has 0 amide bonds. The SMILES string of the molecule is CCNC(c1ccccc1F)c1cccc(C)c1I. The Bertz CT molecular complexity index is 568. The molecule has 1 unspecified atom stereocenters. The lowest BCUT2D eigenvalue weighted by atomic mass is 9.97. The molecule has 2 aromatic rings. The summed E-state index contributed by atoms with van der Waals surface area (Å²) in [5, 5.41) is 3.38. The lowest BCUT2D eigenvalue weighted by Gasteiger charge is -2.21. The highest BCUT2D eigenvalue weighted by molar-refractivity contribution is 14.1. The van der Waals surface area contributed by atoms with Gasteiger partial charge in [0.1, 0.15) is 5.82 Å². The predicted molar refractivity (Wildman–Crippen MR) is 85.8 cm³/mol. The number of benzene rings is 2. The molecule has 0 radical (unpaired) electrons. The van der Waals surface area contributed by atoms with Crippen LogP contribution in [0.4, 0.5) is 4.39 Å². The summed E-state index contributed by atoms with van der Waals surface area (Å²) in [6.07, 6.45) is 0. The van der Waals surface area contributed by atoms with Crippen molar-refractivity contribution in [2.75, 3.05) is 6.54 Å². The van der Waals surface area contributed by atoms with E-state index in [1.54, 1.807) is 6.07 Å². The van der Waals surface area contributed by atoms with Gasteiger partial charge in [0.25, 0.3) is 0 Å². The molecule has 100 valence electrons. The van der Waals surface area contributed by atoms with Gasteiger partial charge in [0.15, 0.2) is 0 Å². The van der Waals surface area contributed by atoms with Crippen LogP contribution in [0.25, 0.3) is 0 Å². The molecule has 1 atom stereocenters. The van der Waals surface area contributed by atoms with Crippen molar-refractivity contribution in [3.63, 3.8) is 0 Å². The Balaban J connectivity index is 2.52. The van der Waals surface area contributed by atoms with Crippen molar-refractivity contribution in [2.45, 2.75) is 19.9 Å². The molecule has 0 aliphatic carbocycles. The van der Waals surface area contributed by atoms with Crippen molar-refractivity contribution in [2.24, 2.45) is 0 Å². The van der Waals surface area contributed by atoms with E-state index in [9.17, 15) is 4.39 Å². The lowest BCUT2D eigenvalue weighted by molar-refractivity contribution is 0.558. The third-order valence-electron chi connectivity index (χ3n) is 3.16. The second-order valence-electron chi connectivity index (χ2n) is 4.49. The predicted octanol–water partition coefficient (Wildman–Crippen LogP) is 4.44. The van der Waals surface area contributed by atoms with Crippen LogP contribution in [-0.4, -0.2) is 6.54 Å². The zero-order valence-electron chi connectivity index (χ0n) is 11.1. The molecule has 0 spiro atoms. The molecule has 2 aromatic carbocycles. The lowest BCUT2D eigenvalue weighted by Crippen LogP contribution is -2.24. The summed E-state index contributed by atoms with van der Waals surface area (Å²) >= 11 is 2.34. The maximum atomic E-state index is 14.0. The zero-order valence-corrected chi connectivity index (χ0v) is 13.2. The minimum Gasteiger partial charge on any atom is -0.306 e. The van der Waals surface area contributed by atoms with Crippen LogP contribution in [-0.2, 0) is 0 Å². The Morgan fingerprint density at radius 2 is 1.79 bits per heavy atom. The van der Waals surface area contributed by atoms with Gasteiger partial charge in [-0.05, 0) is 53.3 Å². The van der Waals surface area contributed by atoms with E-state index in [0.29, 0.717) is 5.56 Å². The number of hydrogen-bond donors (Lipinski definition) is 1. The van der Waals surface area contributed by atoms with E-state index < -0.39 is 0 Å². The van der Waals surface area contributed by atoms with Crippen molar-refractivity contribution < 1.29 is 4.39 Å². The fraction of sp³-hybridized carbons (Fsp3) is 0.250. The van der Waals surface area contributed by atoms with Crippen molar-refractivity contribution in [3.8, 4) is 0 Å². The minimum absolute atomic E-state index is 0.0991. The first-order chi connectivity index (χ1) is 9.15. The fourth-order valence-electron chi connectivity index (χ4n) is 2.19. The third-order valence-corrected chi connectivity index (χ3v) is 4.63. The third kappa shape index (κ3) is 3.15. The van der Waals surface area contributed by atoms with Crippen LogP contribution in [0, 0.1) is 16.3 Å². The number of aryl methyl sites for hydroxylation is 1. The first kappa shape index (κ1) is 14.5. The second-order valence-corrected chi connectivity index (χ2v) is 5.57. The van der Waals surface area contributed by atoms with Gasteiger partial charge in [0.2, 0.25) is 0 Å². The summed E-state index contributed by atoms with van der Waals surface area (Å²) in [5.74, 6) is -0.161. The van der Waals surface area contributed by atoms with Crippen LogP contribution in [0.15, 0.2) is 42.5 Å². The topological polar surface area (TPSA) is 12.0 Å². The van der Waals surface area contributed by atoms with E-state index in [-0.39, 0.29) is 11.9 Å². The van der Waals surface area contributed by atoms with Gasteiger partial charge in [-0.3, -0.25) is 0 Å². The summed E-state index contributed by atoms with van der Waals surface area (Å²) in [6.45, 7) is 4.91. The van der Waals surface area contributed by atoms with Gasteiger partial charge in [-0.15, -0.1) is 0 Å². The van der Waals surface area contributed by atoms with Gasteiger partial charge in [-0.2, -0.15) is 0 Å². The average molecular weight is 369 g/mol. The molecule has 0 aliphatic heterocycles. The van der Waals surface area contributed by atoms with E-state index in [1.807, 2.05) is 25.1 Å². The van der Waals surface area contributed by atoms with Crippen LogP contribution in [0.1, 0.15) is 29.7 Å². The highest BCUT2D eigenvalue weighted by Crippen LogP contribution is 2.29. The van der Waals surface area contributed by atoms with Crippen LogP contribution < -0.4 is 5.32 Å². The van der Waals surface area contributed by atoms with Crippen molar-refractivity contribution in [3.05, 3.63) is 68.5 Å². The molecule has 0 aliphatic rings. The summed E-state index contributed by atoms with van der Waals surface area (Å²) in [6, 6.07) is 13.0. The maximum absolute atomic E-state index is 14.0. The highest BCUT2D eigenvalue weighted by Gasteiger charge is 2.19. The number of hydrogen-bond acceptors (Lipinski definition) is 1. The Kier molecular flexibility index (Phi) is 4.93. The van der Waals surface area contributed by atoms with Crippen LogP contribution in [0.3, 0.4) is 0 Å². The zero-order chi connectivity index (χ0) is 13.8. The Labute approximate surface area is 127 Å². The van der Waals surface area contributed by atoms with Gasteiger partial charge in [-0.25, -0.2) is 4.39 Å². The quantitative estimate of drug-likeness (QED) is 0.786. The molecular weight excluding hydrogens is 352 g/mol. The molecule has 1 N–H and O–H groups in total. The van der Waals surface area contributed by atoms with Crippen molar-refractivity contribution >= 4 is 22.6 Å². The number of nitrogens with one attached hydrogen (secondary N) is 1. The molecule has 0 saturated carbocycles. The highest BCUT2D eigenvalue weighted by atomic mass is 127. The van der Waals surface area contributed by atoms with Crippen LogP contribution >= 0.6 is 22.6 Å². The van der Waals surface area contributed by atoms with Crippen molar-refractivity contribution in [1.82, 2.24) is 5.32 Å². The molecular formula is C16H17FIN. The normalized spacial score (nSPS) is 12.4. The Morgan fingerprint density at radius 1 is 1.11 bits per heavy atom. The average Bonchev–Trinajstić information content (AvgIpc) is 2.41. The van der Waals surface area contributed by atoms with Crippen LogP contribution in [0.2, 0.25) is 0 Å². The summed E-state index contributed by atoms with van der Waals surface area (Å²) in [7, 11) is 0. The number of rotatable bonds is 4. The first-order valence-corrected chi connectivity index (χ1v) is 7.45. The summed E-state index contributed by atoms with van der Waals surface area (Å²) in [5.41, 5.74) is 3.05. The molecule has 19 heavy (non-hydrogen) atoms. The second kappa shape index (κ2) is 6.48.